The summed E-state index contributed by atoms with van der Waals surface area (Å²) in [5.74, 6) is -0.800. The third-order valence-corrected chi connectivity index (χ3v) is 3.17. The summed E-state index contributed by atoms with van der Waals surface area (Å²) in [4.78, 5) is 11.0. The van der Waals surface area contributed by atoms with Crippen LogP contribution in [0.1, 0.15) is 0 Å². The van der Waals surface area contributed by atoms with Gasteiger partial charge in [0, 0.05) is 0 Å². The van der Waals surface area contributed by atoms with E-state index in [-0.39, 0.29) is 4.90 Å². The van der Waals surface area contributed by atoms with Gasteiger partial charge in [-0.1, -0.05) is 18.2 Å². The second-order valence-electron chi connectivity index (χ2n) is 2.96. The van der Waals surface area contributed by atoms with Crippen LogP contribution in [0.2, 0.25) is 0 Å². The summed E-state index contributed by atoms with van der Waals surface area (Å²) in [7, 11) is -3.71. The molecule has 0 heterocycles. The molecule has 0 amide bonds. The predicted octanol–water partition coefficient (Wildman–Crippen LogP) is 0.0317. The van der Waals surface area contributed by atoms with Gasteiger partial charge in [0.2, 0.25) is 10.0 Å². The Morgan fingerprint density at radius 1 is 1.35 bits per heavy atom. The Morgan fingerprint density at radius 3 is 2.59 bits per heavy atom. The van der Waals surface area contributed by atoms with Crippen LogP contribution in [0.25, 0.3) is 0 Å². The molecule has 1 aromatic rings. The van der Waals surface area contributed by atoms with Crippen molar-refractivity contribution in [3.63, 3.8) is 0 Å². The average Bonchev–Trinajstić information content (AvgIpc) is 2.35. The maximum Gasteiger partial charge on any atom is 0.322 e. The van der Waals surface area contributed by atoms with Crippen LogP contribution in [0.4, 0.5) is 0 Å². The molecule has 90 valence electrons. The molecule has 0 aliphatic carbocycles. The number of nitrogens with zero attached hydrogens (tertiary/aromatic N) is 1. The van der Waals surface area contributed by atoms with Crippen molar-refractivity contribution >= 4 is 16.0 Å². The molecule has 0 spiro atoms. The molecule has 6 nitrogen and oxygen atoms in total. The number of rotatable bonds is 5. The van der Waals surface area contributed by atoms with Crippen molar-refractivity contribution in [2.45, 2.75) is 4.90 Å². The standard InChI is InChI=1S/C10H10N2O4S/c11-6-7-16-10(13)8-12-17(14,15)9-4-2-1-3-5-9/h1-5,12H,7-8H2. The van der Waals surface area contributed by atoms with E-state index in [0.717, 1.165) is 0 Å². The van der Waals surface area contributed by atoms with Gasteiger partial charge < -0.3 is 4.74 Å². The number of sulfonamides is 1. The highest BCUT2D eigenvalue weighted by atomic mass is 32.2. The number of esters is 1. The molecule has 0 radical (unpaired) electrons. The summed E-state index contributed by atoms with van der Waals surface area (Å²) in [5, 5.41) is 8.16. The zero-order valence-corrected chi connectivity index (χ0v) is 9.61. The average molecular weight is 254 g/mol. The number of nitriles is 1. The second kappa shape index (κ2) is 5.98. The predicted molar refractivity (Wildman–Crippen MR) is 58.2 cm³/mol. The van der Waals surface area contributed by atoms with Crippen molar-refractivity contribution < 1.29 is 17.9 Å². The summed E-state index contributed by atoms with van der Waals surface area (Å²) < 4.78 is 29.7. The van der Waals surface area contributed by atoms with Crippen LogP contribution in [0.3, 0.4) is 0 Å². The van der Waals surface area contributed by atoms with E-state index >= 15 is 0 Å². The fourth-order valence-corrected chi connectivity index (χ4v) is 1.99. The molecule has 1 rings (SSSR count). The molecule has 0 unspecified atom stereocenters. The zero-order chi connectivity index (χ0) is 12.7. The number of hydrogen-bond donors (Lipinski definition) is 1. The molecule has 0 aromatic heterocycles. The van der Waals surface area contributed by atoms with Crippen molar-refractivity contribution in [3.8, 4) is 6.07 Å². The van der Waals surface area contributed by atoms with E-state index in [1.54, 1.807) is 24.3 Å². The lowest BCUT2D eigenvalue weighted by atomic mass is 10.4. The van der Waals surface area contributed by atoms with Crippen molar-refractivity contribution in [1.29, 1.82) is 5.26 Å². The molecule has 0 aliphatic heterocycles. The summed E-state index contributed by atoms with van der Waals surface area (Å²) in [6.07, 6.45) is 0. The van der Waals surface area contributed by atoms with Crippen molar-refractivity contribution in [2.24, 2.45) is 0 Å². The number of ether oxygens (including phenoxy) is 1. The van der Waals surface area contributed by atoms with E-state index in [1.807, 2.05) is 0 Å². The molecule has 7 heteroatoms. The van der Waals surface area contributed by atoms with Gasteiger partial charge in [0.1, 0.15) is 12.6 Å². The smallest absolute Gasteiger partial charge is 0.322 e. The van der Waals surface area contributed by atoms with Crippen LogP contribution in [0.15, 0.2) is 35.2 Å². The van der Waals surface area contributed by atoms with Gasteiger partial charge in [0.05, 0.1) is 4.90 Å². The minimum absolute atomic E-state index is 0.0630. The van der Waals surface area contributed by atoms with E-state index < -0.39 is 29.1 Å². The lowest BCUT2D eigenvalue weighted by Gasteiger charge is -2.05. The molecule has 1 aromatic carbocycles. The summed E-state index contributed by atoms with van der Waals surface area (Å²) in [5.41, 5.74) is 0. The molecule has 0 fully saturated rings. The Morgan fingerprint density at radius 2 is 2.00 bits per heavy atom. The fraction of sp³-hybridized carbons (Fsp3) is 0.200. The third-order valence-electron chi connectivity index (χ3n) is 1.76. The number of carbonyl (C=O) groups is 1. The van der Waals surface area contributed by atoms with Crippen LogP contribution in [0.5, 0.6) is 0 Å². The number of benzene rings is 1. The summed E-state index contributed by atoms with van der Waals surface area (Å²) in [6, 6.07) is 9.24. The van der Waals surface area contributed by atoms with Crippen LogP contribution < -0.4 is 4.72 Å². The van der Waals surface area contributed by atoms with E-state index in [1.165, 1.54) is 12.1 Å². The summed E-state index contributed by atoms with van der Waals surface area (Å²) >= 11 is 0. The van der Waals surface area contributed by atoms with Gasteiger partial charge >= 0.3 is 5.97 Å². The fourth-order valence-electron chi connectivity index (χ4n) is 1.00. The van der Waals surface area contributed by atoms with Crippen molar-refractivity contribution in [1.82, 2.24) is 4.72 Å². The topological polar surface area (TPSA) is 96.3 Å². The Balaban J connectivity index is 2.58. The first-order valence-corrected chi connectivity index (χ1v) is 6.12. The van der Waals surface area contributed by atoms with Crippen molar-refractivity contribution in [2.75, 3.05) is 13.2 Å². The normalized spacial score (nSPS) is 10.5. The first-order chi connectivity index (χ1) is 8.06. The van der Waals surface area contributed by atoms with Gasteiger partial charge in [-0.25, -0.2) is 8.42 Å². The van der Waals surface area contributed by atoms with E-state index in [9.17, 15) is 13.2 Å². The maximum atomic E-state index is 11.6. The van der Waals surface area contributed by atoms with Gasteiger partial charge in [0.15, 0.2) is 6.61 Å². The van der Waals surface area contributed by atoms with Gasteiger partial charge in [-0.05, 0) is 12.1 Å². The Labute approximate surface area is 98.9 Å². The lowest BCUT2D eigenvalue weighted by molar-refractivity contribution is -0.140. The third kappa shape index (κ3) is 4.22. The number of carbonyl (C=O) groups excluding carboxylic acids is 1. The van der Waals surface area contributed by atoms with Crippen molar-refractivity contribution in [3.05, 3.63) is 30.3 Å². The van der Waals surface area contributed by atoms with Crippen LogP contribution in [0, 0.1) is 11.3 Å². The Bertz CT molecular complexity index is 519. The molecular weight excluding hydrogens is 244 g/mol. The molecular formula is C10H10N2O4S. The molecule has 0 aliphatic rings. The number of nitrogens with one attached hydrogen (secondary N) is 1. The molecule has 0 saturated heterocycles. The highest BCUT2D eigenvalue weighted by Gasteiger charge is 2.15. The largest absolute Gasteiger partial charge is 0.449 e. The minimum atomic E-state index is -3.71. The SMILES string of the molecule is N#CCOC(=O)CNS(=O)(=O)c1ccccc1. The minimum Gasteiger partial charge on any atom is -0.449 e. The maximum absolute atomic E-state index is 11.6. The van der Waals surface area contributed by atoms with Crippen LogP contribution >= 0.6 is 0 Å². The first kappa shape index (κ1) is 13.2. The monoisotopic (exact) mass is 254 g/mol. The highest BCUT2D eigenvalue weighted by molar-refractivity contribution is 7.89. The Kier molecular flexibility index (Phi) is 4.63. The molecule has 0 atom stereocenters. The zero-order valence-electron chi connectivity index (χ0n) is 8.79. The van der Waals surface area contributed by atoms with Gasteiger partial charge in [-0.15, -0.1) is 0 Å². The molecule has 0 saturated carbocycles. The Hall–Kier alpha value is -1.91. The van der Waals surface area contributed by atoms with Crippen LogP contribution in [-0.4, -0.2) is 27.5 Å². The number of hydrogen-bond acceptors (Lipinski definition) is 5. The van der Waals surface area contributed by atoms with Crippen LogP contribution in [-0.2, 0) is 19.6 Å². The van der Waals surface area contributed by atoms with E-state index in [4.69, 9.17) is 5.26 Å². The van der Waals surface area contributed by atoms with E-state index in [2.05, 4.69) is 9.46 Å². The van der Waals surface area contributed by atoms with Gasteiger partial charge in [0.25, 0.3) is 0 Å². The first-order valence-electron chi connectivity index (χ1n) is 4.63. The lowest BCUT2D eigenvalue weighted by Crippen LogP contribution is -2.30. The second-order valence-corrected chi connectivity index (χ2v) is 4.72. The summed E-state index contributed by atoms with van der Waals surface area (Å²) in [6.45, 7) is -0.898. The highest BCUT2D eigenvalue weighted by Crippen LogP contribution is 2.06. The van der Waals surface area contributed by atoms with Gasteiger partial charge in [-0.2, -0.15) is 9.98 Å². The van der Waals surface area contributed by atoms with Gasteiger partial charge in [-0.3, -0.25) is 4.79 Å². The van der Waals surface area contributed by atoms with E-state index in [0.29, 0.717) is 0 Å². The molecule has 0 bridgehead atoms. The quantitative estimate of drug-likeness (QED) is 0.748. The molecule has 1 N–H and O–H groups in total. The molecule has 17 heavy (non-hydrogen) atoms.